The fourth-order valence-electron chi connectivity index (χ4n) is 3.43. The van der Waals surface area contributed by atoms with Crippen molar-refractivity contribution in [3.63, 3.8) is 0 Å². The quantitative estimate of drug-likeness (QED) is 0.310. The maximum Gasteiger partial charge on any atom is 0.261 e. The van der Waals surface area contributed by atoms with Crippen molar-refractivity contribution in [1.29, 1.82) is 0 Å². The van der Waals surface area contributed by atoms with Gasteiger partial charge in [-0.05, 0) is 61.1 Å². The van der Waals surface area contributed by atoms with Crippen LogP contribution in [0.4, 0.5) is 0 Å². The molecule has 3 rings (SSSR count). The van der Waals surface area contributed by atoms with E-state index in [0.717, 1.165) is 31.4 Å². The Morgan fingerprint density at radius 1 is 1.15 bits per heavy atom. The summed E-state index contributed by atoms with van der Waals surface area (Å²) in [6.45, 7) is 0.615. The number of carbonyl (C=O) groups is 1. The molecular weight excluding hydrogens is 448 g/mol. The lowest BCUT2D eigenvalue weighted by Gasteiger charge is -2.20. The smallest absolute Gasteiger partial charge is 0.261 e. The summed E-state index contributed by atoms with van der Waals surface area (Å²) in [5.41, 5.74) is 7.67. The van der Waals surface area contributed by atoms with E-state index < -0.39 is 22.1 Å². The number of amides is 1. The second-order valence-corrected chi connectivity index (χ2v) is 9.36. The Morgan fingerprint density at radius 3 is 2.52 bits per heavy atom. The Bertz CT molecular complexity index is 976. The van der Waals surface area contributed by atoms with Crippen LogP contribution >= 0.6 is 0 Å². The van der Waals surface area contributed by atoms with E-state index in [9.17, 15) is 18.3 Å². The van der Waals surface area contributed by atoms with Gasteiger partial charge >= 0.3 is 0 Å². The summed E-state index contributed by atoms with van der Waals surface area (Å²) in [5.74, 6) is 0.934. The third-order valence-corrected chi connectivity index (χ3v) is 4.85. The van der Waals surface area contributed by atoms with E-state index in [0.29, 0.717) is 18.6 Å². The molecule has 2 aromatic rings. The largest absolute Gasteiger partial charge is 0.491 e. The average molecular weight is 481 g/mol. The first kappa shape index (κ1) is 26.6. The minimum atomic E-state index is -3.67. The van der Waals surface area contributed by atoms with Crippen molar-refractivity contribution >= 4 is 16.0 Å². The first-order chi connectivity index (χ1) is 15.6. The molecular formula is C23H32N2O7S. The number of primary amides is 1. The number of aliphatic hydroxyl groups excluding tert-OH is 1. The highest BCUT2D eigenvalue weighted by atomic mass is 32.2. The van der Waals surface area contributed by atoms with Gasteiger partial charge in [-0.25, -0.2) is 0 Å². The van der Waals surface area contributed by atoms with E-state index >= 15 is 0 Å². The molecule has 1 aliphatic rings. The molecule has 2 aromatic carbocycles. The third-order valence-electron chi connectivity index (χ3n) is 4.85. The molecule has 0 heterocycles. The van der Waals surface area contributed by atoms with Gasteiger partial charge < -0.3 is 25.6 Å². The van der Waals surface area contributed by atoms with Crippen molar-refractivity contribution in [3.05, 3.63) is 59.7 Å². The van der Waals surface area contributed by atoms with Crippen LogP contribution in [0.2, 0.25) is 0 Å². The van der Waals surface area contributed by atoms with Crippen LogP contribution in [-0.2, 0) is 27.8 Å². The van der Waals surface area contributed by atoms with Crippen LogP contribution in [0.5, 0.6) is 11.5 Å². The SMILES string of the molecule is CS(=O)(=O)O.NC(=O)COc1ccc2c(c1)CC(NC[C@H](O)COc1ccccc1)CCC2. The van der Waals surface area contributed by atoms with Crippen molar-refractivity contribution in [1.82, 2.24) is 5.32 Å². The molecule has 33 heavy (non-hydrogen) atoms. The molecule has 9 nitrogen and oxygen atoms in total. The molecule has 2 atom stereocenters. The number of para-hydroxylation sites is 1. The lowest BCUT2D eigenvalue weighted by Crippen LogP contribution is -2.39. The van der Waals surface area contributed by atoms with Gasteiger partial charge in [-0.15, -0.1) is 0 Å². The van der Waals surface area contributed by atoms with Crippen LogP contribution in [0.3, 0.4) is 0 Å². The Morgan fingerprint density at radius 2 is 1.85 bits per heavy atom. The van der Waals surface area contributed by atoms with E-state index in [1.54, 1.807) is 0 Å². The summed E-state index contributed by atoms with van der Waals surface area (Å²) in [4.78, 5) is 10.9. The number of fused-ring (bicyclic) bond motifs is 1. The Kier molecular flexibility index (Phi) is 10.6. The highest BCUT2D eigenvalue weighted by molar-refractivity contribution is 7.85. The van der Waals surface area contributed by atoms with Gasteiger partial charge in [0.1, 0.15) is 24.2 Å². The normalized spacial score (nSPS) is 16.4. The van der Waals surface area contributed by atoms with Crippen LogP contribution in [0.1, 0.15) is 24.0 Å². The van der Waals surface area contributed by atoms with Crippen molar-refractivity contribution in [2.75, 3.05) is 26.0 Å². The zero-order chi connectivity index (χ0) is 24.3. The summed E-state index contributed by atoms with van der Waals surface area (Å²) in [5, 5.41) is 13.7. The number of rotatable bonds is 9. The zero-order valence-corrected chi connectivity index (χ0v) is 19.5. The van der Waals surface area contributed by atoms with Gasteiger partial charge in [-0.1, -0.05) is 24.3 Å². The predicted molar refractivity (Wildman–Crippen MR) is 125 cm³/mol. The standard InChI is InChI=1S/C22H28N2O4.CH4O3S/c23-22(26)15-28-21-10-9-16-5-4-6-18(11-17(16)12-21)24-13-19(25)14-27-20-7-2-1-3-8-20;1-5(2,3)4/h1-3,7-10,12,18-19,24-25H,4-6,11,13-15H2,(H2,23,26);1H3,(H,2,3,4)/t18?,19-;/m0./s1. The molecule has 0 aliphatic heterocycles. The van der Waals surface area contributed by atoms with Crippen molar-refractivity contribution in [3.8, 4) is 11.5 Å². The van der Waals surface area contributed by atoms with E-state index in [1.807, 2.05) is 42.5 Å². The second-order valence-electron chi connectivity index (χ2n) is 7.90. The van der Waals surface area contributed by atoms with Crippen molar-refractivity contribution in [2.24, 2.45) is 5.73 Å². The number of ether oxygens (including phenoxy) is 2. The van der Waals surface area contributed by atoms with Gasteiger partial charge in [0.2, 0.25) is 0 Å². The monoisotopic (exact) mass is 480 g/mol. The lowest BCUT2D eigenvalue weighted by molar-refractivity contribution is -0.119. The molecule has 1 unspecified atom stereocenters. The summed E-state index contributed by atoms with van der Waals surface area (Å²) in [6, 6.07) is 15.7. The van der Waals surface area contributed by atoms with E-state index in [4.69, 9.17) is 19.8 Å². The molecule has 0 saturated heterocycles. The van der Waals surface area contributed by atoms with Gasteiger partial charge in [-0.3, -0.25) is 9.35 Å². The van der Waals surface area contributed by atoms with Crippen molar-refractivity contribution < 1.29 is 32.3 Å². The van der Waals surface area contributed by atoms with Crippen LogP contribution < -0.4 is 20.5 Å². The fourth-order valence-corrected chi connectivity index (χ4v) is 3.43. The summed E-state index contributed by atoms with van der Waals surface area (Å²) in [7, 11) is -3.67. The van der Waals surface area contributed by atoms with Gasteiger partial charge in [-0.2, -0.15) is 8.42 Å². The van der Waals surface area contributed by atoms with E-state index in [-0.39, 0.29) is 19.3 Å². The van der Waals surface area contributed by atoms with Gasteiger partial charge in [0.05, 0.1) is 6.26 Å². The highest BCUT2D eigenvalue weighted by Gasteiger charge is 2.18. The van der Waals surface area contributed by atoms with Gasteiger partial charge in [0.25, 0.3) is 16.0 Å². The maximum absolute atomic E-state index is 10.9. The number of hydrogen-bond donors (Lipinski definition) is 4. The molecule has 0 spiro atoms. The van der Waals surface area contributed by atoms with Crippen LogP contribution in [0.15, 0.2) is 48.5 Å². The molecule has 0 saturated carbocycles. The number of nitrogens with two attached hydrogens (primary N) is 1. The van der Waals surface area contributed by atoms with E-state index in [1.165, 1.54) is 11.1 Å². The van der Waals surface area contributed by atoms with Crippen LogP contribution in [0.25, 0.3) is 0 Å². The molecule has 5 N–H and O–H groups in total. The number of hydrogen-bond acceptors (Lipinski definition) is 7. The molecule has 10 heteroatoms. The molecule has 0 aromatic heterocycles. The average Bonchev–Trinajstić information content (AvgIpc) is 2.96. The molecule has 0 bridgehead atoms. The summed E-state index contributed by atoms with van der Waals surface area (Å²) >= 11 is 0. The number of benzene rings is 2. The highest BCUT2D eigenvalue weighted by Crippen LogP contribution is 2.25. The Hall–Kier alpha value is -2.66. The minimum Gasteiger partial charge on any atom is -0.491 e. The zero-order valence-electron chi connectivity index (χ0n) is 18.6. The van der Waals surface area contributed by atoms with Gasteiger partial charge in [0.15, 0.2) is 6.61 Å². The number of nitrogens with one attached hydrogen (secondary N) is 1. The fraction of sp³-hybridized carbons (Fsp3) is 0.435. The summed E-state index contributed by atoms with van der Waals surface area (Å²) in [6.07, 6.45) is 4.14. The van der Waals surface area contributed by atoms with E-state index in [2.05, 4.69) is 11.4 Å². The summed E-state index contributed by atoms with van der Waals surface area (Å²) < 4.78 is 36.9. The predicted octanol–water partition coefficient (Wildman–Crippen LogP) is 1.33. The number of aryl methyl sites for hydroxylation is 1. The number of carbonyl (C=O) groups excluding carboxylic acids is 1. The molecule has 1 amide bonds. The molecule has 0 radical (unpaired) electrons. The molecule has 1 aliphatic carbocycles. The first-order valence-corrected chi connectivity index (χ1v) is 12.5. The molecule has 0 fully saturated rings. The first-order valence-electron chi connectivity index (χ1n) is 10.6. The lowest BCUT2D eigenvalue weighted by atomic mass is 10.0. The minimum absolute atomic E-state index is 0.117. The van der Waals surface area contributed by atoms with Crippen molar-refractivity contribution in [2.45, 2.75) is 37.8 Å². The number of aliphatic hydroxyl groups is 1. The van der Waals surface area contributed by atoms with Gasteiger partial charge in [0, 0.05) is 12.6 Å². The Balaban J connectivity index is 0.000000696. The topological polar surface area (TPSA) is 148 Å². The van der Waals surface area contributed by atoms with Crippen LogP contribution in [-0.4, -0.2) is 62.1 Å². The van der Waals surface area contributed by atoms with Crippen LogP contribution in [0, 0.1) is 0 Å². The third kappa shape index (κ3) is 11.7. The second kappa shape index (κ2) is 13.1. The Labute approximate surface area is 194 Å². The maximum atomic E-state index is 10.9. The molecule has 182 valence electrons.